The van der Waals surface area contributed by atoms with E-state index >= 15 is 0 Å². The van der Waals surface area contributed by atoms with E-state index in [-0.39, 0.29) is 5.60 Å². The van der Waals surface area contributed by atoms with Crippen LogP contribution in [0.1, 0.15) is 46.7 Å². The Hall–Kier alpha value is -0.840. The van der Waals surface area contributed by atoms with Crippen molar-refractivity contribution < 1.29 is 9.84 Å². The van der Waals surface area contributed by atoms with Crippen LogP contribution in [0.5, 0.6) is 0 Å². The van der Waals surface area contributed by atoms with Crippen LogP contribution in [0, 0.1) is 5.92 Å². The van der Waals surface area contributed by atoms with E-state index in [0.717, 1.165) is 19.5 Å². The Morgan fingerprint density at radius 3 is 2.50 bits per heavy atom. The largest absolute Gasteiger partial charge is 0.389 e. The Labute approximate surface area is 136 Å². The van der Waals surface area contributed by atoms with Gasteiger partial charge in [0.25, 0.3) is 0 Å². The summed E-state index contributed by atoms with van der Waals surface area (Å²) in [7, 11) is 2.06. The van der Waals surface area contributed by atoms with Crippen LogP contribution in [0.15, 0.2) is 18.3 Å². The molecule has 0 aliphatic carbocycles. The van der Waals surface area contributed by atoms with Crippen LogP contribution >= 0.6 is 0 Å². The number of hydrogen-bond donors (Lipinski definition) is 1. The van der Waals surface area contributed by atoms with Gasteiger partial charge in [-0.25, -0.2) is 0 Å². The van der Waals surface area contributed by atoms with Crippen LogP contribution in [0.2, 0.25) is 0 Å². The second-order valence-corrected chi connectivity index (χ2v) is 7.61. The lowest BCUT2D eigenvalue weighted by Crippen LogP contribution is -2.37. The second kappa shape index (κ2) is 8.70. The molecule has 0 unspecified atom stereocenters. The van der Waals surface area contributed by atoms with Crippen molar-refractivity contribution in [1.29, 1.82) is 0 Å². The van der Waals surface area contributed by atoms with Gasteiger partial charge in [0, 0.05) is 32.0 Å². The summed E-state index contributed by atoms with van der Waals surface area (Å²) in [5, 5.41) is 10.3. The summed E-state index contributed by atoms with van der Waals surface area (Å²) in [6, 6.07) is 4.20. The van der Waals surface area contributed by atoms with E-state index in [4.69, 9.17) is 4.74 Å². The third-order valence-corrected chi connectivity index (χ3v) is 3.64. The van der Waals surface area contributed by atoms with Gasteiger partial charge >= 0.3 is 0 Å². The molecule has 4 nitrogen and oxygen atoms in total. The molecule has 1 aromatic rings. The lowest BCUT2D eigenvalue weighted by atomic mass is 10.1. The summed E-state index contributed by atoms with van der Waals surface area (Å²) >= 11 is 0. The second-order valence-electron chi connectivity index (χ2n) is 7.61. The smallest absolute Gasteiger partial charge is 0.0900 e. The normalized spacial score (nSPS) is 14.0. The summed E-state index contributed by atoms with van der Waals surface area (Å²) in [6.45, 7) is 13.4. The van der Waals surface area contributed by atoms with E-state index in [2.05, 4.69) is 48.7 Å². The van der Waals surface area contributed by atoms with Crippen molar-refractivity contribution in [3.05, 3.63) is 24.0 Å². The van der Waals surface area contributed by atoms with Crippen LogP contribution < -0.4 is 0 Å². The molecule has 4 heteroatoms. The van der Waals surface area contributed by atoms with Gasteiger partial charge in [-0.15, -0.1) is 0 Å². The first kappa shape index (κ1) is 19.2. The fourth-order valence-electron chi connectivity index (χ4n) is 2.26. The zero-order valence-electron chi connectivity index (χ0n) is 15.2. The fraction of sp³-hybridized carbons (Fsp3) is 0.778. The van der Waals surface area contributed by atoms with Crippen molar-refractivity contribution in [3.63, 3.8) is 0 Å². The molecule has 1 N–H and O–H groups in total. The van der Waals surface area contributed by atoms with Crippen molar-refractivity contribution in [1.82, 2.24) is 9.47 Å². The van der Waals surface area contributed by atoms with E-state index in [1.165, 1.54) is 5.69 Å². The lowest BCUT2D eigenvalue weighted by Gasteiger charge is -2.28. The third kappa shape index (κ3) is 7.97. The predicted molar refractivity (Wildman–Crippen MR) is 91.9 cm³/mol. The maximum absolute atomic E-state index is 10.3. The van der Waals surface area contributed by atoms with Gasteiger partial charge in [-0.1, -0.05) is 13.8 Å². The highest BCUT2D eigenvalue weighted by molar-refractivity contribution is 5.06. The molecule has 22 heavy (non-hydrogen) atoms. The van der Waals surface area contributed by atoms with Crippen LogP contribution in [0.4, 0.5) is 0 Å². The lowest BCUT2D eigenvalue weighted by molar-refractivity contribution is -0.0569. The molecule has 0 spiro atoms. The molecule has 0 radical (unpaired) electrons. The summed E-state index contributed by atoms with van der Waals surface area (Å²) in [5.74, 6) is 0.666. The molecule has 0 aromatic carbocycles. The van der Waals surface area contributed by atoms with Crippen molar-refractivity contribution in [2.75, 3.05) is 19.7 Å². The summed E-state index contributed by atoms with van der Waals surface area (Å²) in [4.78, 5) is 2.33. The van der Waals surface area contributed by atoms with Gasteiger partial charge in [0.05, 0.1) is 18.3 Å². The van der Waals surface area contributed by atoms with Crippen LogP contribution in [0.25, 0.3) is 0 Å². The zero-order chi connectivity index (χ0) is 16.8. The maximum Gasteiger partial charge on any atom is 0.0900 e. The monoisotopic (exact) mass is 310 g/mol. The van der Waals surface area contributed by atoms with Crippen molar-refractivity contribution in [2.45, 2.75) is 59.3 Å². The Bertz CT molecular complexity index is 421. The van der Waals surface area contributed by atoms with Gasteiger partial charge in [0.15, 0.2) is 0 Å². The highest BCUT2D eigenvalue weighted by atomic mass is 16.5. The molecule has 0 fully saturated rings. The number of rotatable bonds is 9. The summed E-state index contributed by atoms with van der Waals surface area (Å²) < 4.78 is 7.83. The Kier molecular flexibility index (Phi) is 7.60. The number of nitrogens with zero attached hydrogens (tertiary/aromatic N) is 2. The first-order chi connectivity index (χ1) is 10.2. The number of hydrogen-bond acceptors (Lipinski definition) is 3. The van der Waals surface area contributed by atoms with Crippen molar-refractivity contribution in [2.24, 2.45) is 13.0 Å². The van der Waals surface area contributed by atoms with Gasteiger partial charge in [-0.3, -0.25) is 4.90 Å². The minimum absolute atomic E-state index is 0.206. The van der Waals surface area contributed by atoms with Gasteiger partial charge in [-0.2, -0.15) is 0 Å². The highest BCUT2D eigenvalue weighted by Gasteiger charge is 2.17. The Morgan fingerprint density at radius 2 is 2.00 bits per heavy atom. The molecule has 0 aliphatic heterocycles. The molecule has 128 valence electrons. The zero-order valence-corrected chi connectivity index (χ0v) is 15.2. The minimum atomic E-state index is -0.452. The third-order valence-electron chi connectivity index (χ3n) is 3.64. The van der Waals surface area contributed by atoms with Crippen molar-refractivity contribution >= 4 is 0 Å². The van der Waals surface area contributed by atoms with E-state index in [1.54, 1.807) is 0 Å². The number of aromatic nitrogens is 1. The quantitative estimate of drug-likeness (QED) is 0.762. The molecular weight excluding hydrogens is 276 g/mol. The molecule has 0 saturated carbocycles. The van der Waals surface area contributed by atoms with Crippen LogP contribution in [-0.4, -0.2) is 46.0 Å². The molecule has 0 saturated heterocycles. The average molecular weight is 310 g/mol. The van der Waals surface area contributed by atoms with E-state index < -0.39 is 6.10 Å². The van der Waals surface area contributed by atoms with Crippen molar-refractivity contribution in [3.8, 4) is 0 Å². The molecule has 1 aromatic heterocycles. The first-order valence-corrected chi connectivity index (χ1v) is 8.32. The molecule has 1 atom stereocenters. The summed E-state index contributed by atoms with van der Waals surface area (Å²) in [5.41, 5.74) is 1.06. The predicted octanol–water partition coefficient (Wildman–Crippen LogP) is 3.05. The van der Waals surface area contributed by atoms with Crippen LogP contribution in [0.3, 0.4) is 0 Å². The first-order valence-electron chi connectivity index (χ1n) is 8.32. The topological polar surface area (TPSA) is 37.6 Å². The molecule has 0 amide bonds. The molecule has 0 bridgehead atoms. The number of ether oxygens (including phenoxy) is 1. The fourth-order valence-corrected chi connectivity index (χ4v) is 2.26. The molecule has 1 heterocycles. The standard InChI is InChI=1S/C18H34N2O2/c1-15(2)9-11-20(12-16-8-7-10-19(16)6)13-17(21)14-22-18(3,4)5/h7-8,10,15,17,21H,9,11-14H2,1-6H3/t17-/m0/s1. The van der Waals surface area contributed by atoms with Crippen LogP contribution in [-0.2, 0) is 18.3 Å². The SMILES string of the molecule is CC(C)CCN(Cc1cccn1C)C[C@H](O)COC(C)(C)C. The van der Waals surface area contributed by atoms with Gasteiger partial charge in [-0.05, 0) is 51.8 Å². The van der Waals surface area contributed by atoms with E-state index in [0.29, 0.717) is 19.1 Å². The highest BCUT2D eigenvalue weighted by Crippen LogP contribution is 2.11. The Morgan fingerprint density at radius 1 is 1.32 bits per heavy atom. The minimum Gasteiger partial charge on any atom is -0.389 e. The average Bonchev–Trinajstić information content (AvgIpc) is 2.78. The Balaban J connectivity index is 2.55. The van der Waals surface area contributed by atoms with Gasteiger partial charge in [0.1, 0.15) is 0 Å². The van der Waals surface area contributed by atoms with E-state index in [1.807, 2.05) is 20.8 Å². The number of aryl methyl sites for hydroxylation is 1. The summed E-state index contributed by atoms with van der Waals surface area (Å²) in [6.07, 6.45) is 2.75. The van der Waals surface area contributed by atoms with E-state index in [9.17, 15) is 5.11 Å². The molecule has 0 aliphatic rings. The number of aliphatic hydroxyl groups excluding tert-OH is 1. The molecule has 1 rings (SSSR count). The van der Waals surface area contributed by atoms with Gasteiger partial charge in [0.2, 0.25) is 0 Å². The number of aliphatic hydroxyl groups is 1. The maximum atomic E-state index is 10.3. The molecular formula is C18H34N2O2. The van der Waals surface area contributed by atoms with Gasteiger partial charge < -0.3 is 14.4 Å².